The second kappa shape index (κ2) is 49.5. The van der Waals surface area contributed by atoms with Gasteiger partial charge in [-0.05, 0) is 70.6 Å². The number of carbonyl (C=O) groups excluding carboxylic acids is 3. The number of rotatable bonds is 48. The predicted molar refractivity (Wildman–Crippen MR) is 256 cm³/mol. The molecule has 0 fully saturated rings. The largest absolute Gasteiger partial charge is 0.462 e. The Hall–Kier alpha value is -2.11. The van der Waals surface area contributed by atoms with Gasteiger partial charge in [0.15, 0.2) is 6.10 Å². The highest BCUT2D eigenvalue weighted by atomic mass is 16.6. The molecule has 0 aromatic heterocycles. The molecule has 0 saturated carbocycles. The topological polar surface area (TPSA) is 78.9 Å². The molecule has 0 saturated heterocycles. The molecule has 6 nitrogen and oxygen atoms in total. The lowest BCUT2D eigenvalue weighted by Crippen LogP contribution is -2.30. The van der Waals surface area contributed by atoms with Gasteiger partial charge in [-0.25, -0.2) is 0 Å². The standard InChI is InChI=1S/C54H100O6/c1-4-7-10-13-16-19-21-23-25-27-29-30-32-35-38-41-44-47-53(56)59-50-51(49-58-52(55)46-43-40-37-34-18-15-12-9-6-3)60-54(57)48-45-42-39-36-33-31-28-26-24-22-20-17-14-11-8-5-2/h23,25-26,28,51H,4-22,24,27,29-50H2,1-3H3/b25-23-,28-26-/t51-/m1/s1. The minimum Gasteiger partial charge on any atom is -0.462 e. The van der Waals surface area contributed by atoms with E-state index in [9.17, 15) is 14.4 Å². The second-order valence-electron chi connectivity index (χ2n) is 17.8. The highest BCUT2D eigenvalue weighted by Crippen LogP contribution is 2.15. The number of hydrogen-bond acceptors (Lipinski definition) is 6. The molecular formula is C54H100O6. The zero-order chi connectivity index (χ0) is 43.7. The molecule has 0 N–H and O–H groups in total. The van der Waals surface area contributed by atoms with Gasteiger partial charge in [-0.1, -0.05) is 218 Å². The average molecular weight is 845 g/mol. The molecule has 0 rings (SSSR count). The Labute approximate surface area is 373 Å². The molecular weight excluding hydrogens is 745 g/mol. The van der Waals surface area contributed by atoms with Crippen LogP contribution >= 0.6 is 0 Å². The summed E-state index contributed by atoms with van der Waals surface area (Å²) in [5, 5.41) is 0. The van der Waals surface area contributed by atoms with Gasteiger partial charge in [0.05, 0.1) is 0 Å². The summed E-state index contributed by atoms with van der Waals surface area (Å²) in [4.78, 5) is 37.9. The van der Waals surface area contributed by atoms with E-state index >= 15 is 0 Å². The van der Waals surface area contributed by atoms with E-state index in [2.05, 4.69) is 45.1 Å². The van der Waals surface area contributed by atoms with E-state index in [1.807, 2.05) is 0 Å². The lowest BCUT2D eigenvalue weighted by Gasteiger charge is -2.18. The van der Waals surface area contributed by atoms with E-state index in [0.717, 1.165) is 64.2 Å². The Balaban J connectivity index is 4.30. The number of esters is 3. The number of unbranched alkanes of at least 4 members (excludes halogenated alkanes) is 33. The zero-order valence-electron chi connectivity index (χ0n) is 40.2. The van der Waals surface area contributed by atoms with Crippen LogP contribution in [0.4, 0.5) is 0 Å². The van der Waals surface area contributed by atoms with Crippen molar-refractivity contribution in [2.24, 2.45) is 0 Å². The molecule has 0 bridgehead atoms. The van der Waals surface area contributed by atoms with Crippen LogP contribution in [0.25, 0.3) is 0 Å². The van der Waals surface area contributed by atoms with E-state index < -0.39 is 6.10 Å². The first-order valence-electron chi connectivity index (χ1n) is 26.3. The summed E-state index contributed by atoms with van der Waals surface area (Å²) in [6.07, 6.45) is 55.9. The van der Waals surface area contributed by atoms with Crippen LogP contribution in [0.5, 0.6) is 0 Å². The van der Waals surface area contributed by atoms with Gasteiger partial charge in [-0.2, -0.15) is 0 Å². The fourth-order valence-corrected chi connectivity index (χ4v) is 7.67. The fraction of sp³-hybridized carbons (Fsp3) is 0.870. The Kier molecular flexibility index (Phi) is 47.8. The van der Waals surface area contributed by atoms with Gasteiger partial charge in [0.25, 0.3) is 0 Å². The van der Waals surface area contributed by atoms with Crippen molar-refractivity contribution in [3.05, 3.63) is 24.3 Å². The molecule has 0 unspecified atom stereocenters. The SMILES string of the molecule is CCCCCCCC/C=C\CCCCCCCCCC(=O)OC[C@@H](COC(=O)CCCCCCCCCCC)OC(=O)CCCCCCC/C=C\CCCCCCCCC. The van der Waals surface area contributed by atoms with Crippen LogP contribution in [0.3, 0.4) is 0 Å². The molecule has 0 amide bonds. The van der Waals surface area contributed by atoms with Crippen LogP contribution in [0.2, 0.25) is 0 Å². The highest BCUT2D eigenvalue weighted by molar-refractivity contribution is 5.71. The lowest BCUT2D eigenvalue weighted by atomic mass is 10.1. The molecule has 0 aliphatic carbocycles. The number of allylic oxidation sites excluding steroid dienone is 4. The third kappa shape index (κ3) is 46.9. The van der Waals surface area contributed by atoms with E-state index in [-0.39, 0.29) is 31.1 Å². The second-order valence-corrected chi connectivity index (χ2v) is 17.8. The van der Waals surface area contributed by atoms with Crippen LogP contribution in [0, 0.1) is 0 Å². The summed E-state index contributed by atoms with van der Waals surface area (Å²) in [5.41, 5.74) is 0. The monoisotopic (exact) mass is 845 g/mol. The molecule has 0 aromatic carbocycles. The van der Waals surface area contributed by atoms with Gasteiger partial charge >= 0.3 is 17.9 Å². The summed E-state index contributed by atoms with van der Waals surface area (Å²) < 4.78 is 16.8. The summed E-state index contributed by atoms with van der Waals surface area (Å²) in [6, 6.07) is 0. The average Bonchev–Trinajstić information content (AvgIpc) is 3.24. The molecule has 6 heteroatoms. The van der Waals surface area contributed by atoms with E-state index in [0.29, 0.717) is 19.3 Å². The maximum Gasteiger partial charge on any atom is 0.306 e. The maximum absolute atomic E-state index is 12.8. The Morgan fingerprint density at radius 2 is 0.550 bits per heavy atom. The van der Waals surface area contributed by atoms with Crippen LogP contribution in [0.15, 0.2) is 24.3 Å². The molecule has 352 valence electrons. The van der Waals surface area contributed by atoms with Crippen molar-refractivity contribution in [2.75, 3.05) is 13.2 Å². The van der Waals surface area contributed by atoms with Gasteiger partial charge in [0.1, 0.15) is 13.2 Å². The van der Waals surface area contributed by atoms with Crippen molar-refractivity contribution in [2.45, 2.75) is 290 Å². The van der Waals surface area contributed by atoms with E-state index in [4.69, 9.17) is 14.2 Å². The first-order valence-corrected chi connectivity index (χ1v) is 26.3. The van der Waals surface area contributed by atoms with Crippen LogP contribution in [-0.4, -0.2) is 37.2 Å². The summed E-state index contributed by atoms with van der Waals surface area (Å²) in [7, 11) is 0. The Morgan fingerprint density at radius 3 is 0.833 bits per heavy atom. The third-order valence-corrected chi connectivity index (χ3v) is 11.7. The van der Waals surface area contributed by atoms with Crippen molar-refractivity contribution >= 4 is 17.9 Å². The van der Waals surface area contributed by atoms with Gasteiger partial charge < -0.3 is 14.2 Å². The highest BCUT2D eigenvalue weighted by Gasteiger charge is 2.19. The first kappa shape index (κ1) is 57.9. The maximum atomic E-state index is 12.8. The molecule has 0 aliphatic rings. The predicted octanol–water partition coefficient (Wildman–Crippen LogP) is 17.2. The Morgan fingerprint density at radius 1 is 0.317 bits per heavy atom. The summed E-state index contributed by atoms with van der Waals surface area (Å²) in [6.45, 7) is 6.63. The van der Waals surface area contributed by atoms with Gasteiger partial charge in [-0.15, -0.1) is 0 Å². The van der Waals surface area contributed by atoms with E-state index in [1.165, 1.54) is 180 Å². The fourth-order valence-electron chi connectivity index (χ4n) is 7.67. The van der Waals surface area contributed by atoms with Crippen molar-refractivity contribution in [1.29, 1.82) is 0 Å². The first-order chi connectivity index (χ1) is 29.5. The van der Waals surface area contributed by atoms with Crippen LogP contribution in [-0.2, 0) is 28.6 Å². The molecule has 0 spiro atoms. The van der Waals surface area contributed by atoms with Crippen LogP contribution in [0.1, 0.15) is 284 Å². The smallest absolute Gasteiger partial charge is 0.306 e. The third-order valence-electron chi connectivity index (χ3n) is 11.7. The van der Waals surface area contributed by atoms with Crippen molar-refractivity contribution < 1.29 is 28.6 Å². The minimum atomic E-state index is -0.772. The normalized spacial score (nSPS) is 12.1. The van der Waals surface area contributed by atoms with Crippen molar-refractivity contribution in [3.8, 4) is 0 Å². The van der Waals surface area contributed by atoms with Crippen molar-refractivity contribution in [1.82, 2.24) is 0 Å². The Bertz CT molecular complexity index is 973. The molecule has 0 radical (unpaired) electrons. The molecule has 60 heavy (non-hydrogen) atoms. The minimum absolute atomic E-state index is 0.0727. The van der Waals surface area contributed by atoms with Crippen LogP contribution < -0.4 is 0 Å². The molecule has 0 aromatic rings. The molecule has 0 heterocycles. The number of ether oxygens (including phenoxy) is 3. The van der Waals surface area contributed by atoms with E-state index in [1.54, 1.807) is 0 Å². The summed E-state index contributed by atoms with van der Waals surface area (Å²) >= 11 is 0. The van der Waals surface area contributed by atoms with Gasteiger partial charge in [0.2, 0.25) is 0 Å². The number of hydrogen-bond donors (Lipinski definition) is 0. The zero-order valence-corrected chi connectivity index (χ0v) is 40.2. The lowest BCUT2D eigenvalue weighted by molar-refractivity contribution is -0.167. The van der Waals surface area contributed by atoms with Gasteiger partial charge in [-0.3, -0.25) is 14.4 Å². The van der Waals surface area contributed by atoms with Crippen molar-refractivity contribution in [3.63, 3.8) is 0 Å². The number of carbonyl (C=O) groups is 3. The van der Waals surface area contributed by atoms with Gasteiger partial charge in [0, 0.05) is 19.3 Å². The summed E-state index contributed by atoms with van der Waals surface area (Å²) in [5.74, 6) is -0.876. The molecule has 1 atom stereocenters. The molecule has 0 aliphatic heterocycles. The quantitative estimate of drug-likeness (QED) is 0.0263.